The van der Waals surface area contributed by atoms with Gasteiger partial charge >= 0.3 is 0 Å². The maximum Gasteiger partial charge on any atom is 0.272 e. The van der Waals surface area contributed by atoms with Gasteiger partial charge in [-0.05, 0) is 29.7 Å². The maximum absolute atomic E-state index is 12.0. The number of hydrogen-bond acceptors (Lipinski definition) is 3. The van der Waals surface area contributed by atoms with Crippen molar-refractivity contribution in [3.05, 3.63) is 75.8 Å². The molecule has 3 aromatic carbocycles. The molecule has 6 heteroatoms. The van der Waals surface area contributed by atoms with Crippen LogP contribution in [0.1, 0.15) is 15.9 Å². The summed E-state index contributed by atoms with van der Waals surface area (Å²) < 4.78 is 0. The van der Waals surface area contributed by atoms with Gasteiger partial charge in [-0.25, -0.2) is 5.43 Å². The third-order valence-corrected chi connectivity index (χ3v) is 4.03. The fourth-order valence-electron chi connectivity index (χ4n) is 2.27. The summed E-state index contributed by atoms with van der Waals surface area (Å²) in [5.41, 5.74) is 3.14. The summed E-state index contributed by atoms with van der Waals surface area (Å²) >= 11 is 11.8. The van der Waals surface area contributed by atoms with Gasteiger partial charge in [-0.1, -0.05) is 53.5 Å². The molecule has 0 saturated heterocycles. The highest BCUT2D eigenvalue weighted by molar-refractivity contribution is 6.36. The van der Waals surface area contributed by atoms with E-state index >= 15 is 0 Å². The number of rotatable bonds is 3. The van der Waals surface area contributed by atoms with Crippen molar-refractivity contribution >= 4 is 46.1 Å². The standard InChI is InChI=1S/C18H12Cl2N2O2/c19-13-7-8-15(16(20)9-13)18(24)22-21-10-12-6-5-11-3-1-2-4-14(11)17(12)23/h1-10,23H,(H,22,24)/b21-10-. The Morgan fingerprint density at radius 2 is 1.88 bits per heavy atom. The smallest absolute Gasteiger partial charge is 0.272 e. The van der Waals surface area contributed by atoms with Gasteiger partial charge in [0.25, 0.3) is 5.91 Å². The zero-order valence-corrected chi connectivity index (χ0v) is 13.8. The number of hydrogen-bond donors (Lipinski definition) is 2. The fraction of sp³-hybridized carbons (Fsp3) is 0. The van der Waals surface area contributed by atoms with Gasteiger partial charge in [-0.2, -0.15) is 5.10 Å². The van der Waals surface area contributed by atoms with Crippen LogP contribution in [-0.2, 0) is 0 Å². The number of carbonyl (C=O) groups is 1. The molecule has 0 aliphatic rings. The molecule has 3 rings (SSSR count). The zero-order chi connectivity index (χ0) is 17.1. The highest BCUT2D eigenvalue weighted by atomic mass is 35.5. The summed E-state index contributed by atoms with van der Waals surface area (Å²) in [6.07, 6.45) is 1.38. The van der Waals surface area contributed by atoms with Crippen LogP contribution >= 0.6 is 23.2 Å². The topological polar surface area (TPSA) is 61.7 Å². The SMILES string of the molecule is O=C(N/N=C\c1ccc2ccccc2c1O)c1ccc(Cl)cc1Cl. The summed E-state index contributed by atoms with van der Waals surface area (Å²) in [6.45, 7) is 0. The highest BCUT2D eigenvalue weighted by Crippen LogP contribution is 2.27. The number of phenols is 1. The Kier molecular flexibility index (Phi) is 4.69. The average Bonchev–Trinajstić information content (AvgIpc) is 2.57. The highest BCUT2D eigenvalue weighted by Gasteiger charge is 2.10. The first-order valence-electron chi connectivity index (χ1n) is 7.05. The van der Waals surface area contributed by atoms with Crippen LogP contribution in [0, 0.1) is 0 Å². The van der Waals surface area contributed by atoms with Gasteiger partial charge < -0.3 is 5.11 Å². The molecule has 120 valence electrons. The van der Waals surface area contributed by atoms with Gasteiger partial charge in [0.2, 0.25) is 0 Å². The van der Waals surface area contributed by atoms with Crippen LogP contribution in [0.5, 0.6) is 5.75 Å². The quantitative estimate of drug-likeness (QED) is 0.530. The van der Waals surface area contributed by atoms with E-state index in [0.717, 1.165) is 5.39 Å². The number of phenolic OH excluding ortho intramolecular Hbond substituents is 1. The van der Waals surface area contributed by atoms with Crippen LogP contribution in [0.25, 0.3) is 10.8 Å². The molecule has 0 aliphatic heterocycles. The molecule has 0 spiro atoms. The Morgan fingerprint density at radius 1 is 1.08 bits per heavy atom. The summed E-state index contributed by atoms with van der Waals surface area (Å²) in [5.74, 6) is -0.358. The zero-order valence-electron chi connectivity index (χ0n) is 12.3. The van der Waals surface area contributed by atoms with Crippen molar-refractivity contribution in [1.82, 2.24) is 5.43 Å². The lowest BCUT2D eigenvalue weighted by Crippen LogP contribution is -2.18. The summed E-state index contributed by atoms with van der Waals surface area (Å²) in [4.78, 5) is 12.0. The Bertz CT molecular complexity index is 955. The first-order valence-corrected chi connectivity index (χ1v) is 7.81. The molecule has 2 N–H and O–H groups in total. The van der Waals surface area contributed by atoms with E-state index in [9.17, 15) is 9.90 Å². The number of halogens is 2. The summed E-state index contributed by atoms with van der Waals surface area (Å²) in [7, 11) is 0. The number of fused-ring (bicyclic) bond motifs is 1. The average molecular weight is 359 g/mol. The van der Waals surface area contributed by atoms with Crippen molar-refractivity contribution in [2.75, 3.05) is 0 Å². The molecular weight excluding hydrogens is 347 g/mol. The maximum atomic E-state index is 12.0. The molecule has 24 heavy (non-hydrogen) atoms. The van der Waals surface area contributed by atoms with Crippen LogP contribution in [0.3, 0.4) is 0 Å². The molecule has 0 bridgehead atoms. The molecule has 0 aliphatic carbocycles. The largest absolute Gasteiger partial charge is 0.507 e. The minimum atomic E-state index is -0.465. The van der Waals surface area contributed by atoms with E-state index in [2.05, 4.69) is 10.5 Å². The summed E-state index contributed by atoms with van der Waals surface area (Å²) in [5, 5.41) is 16.5. The van der Waals surface area contributed by atoms with E-state index in [4.69, 9.17) is 23.2 Å². The third-order valence-electron chi connectivity index (χ3n) is 3.48. The van der Waals surface area contributed by atoms with Gasteiger partial charge in [-0.3, -0.25) is 4.79 Å². The summed E-state index contributed by atoms with van der Waals surface area (Å²) in [6, 6.07) is 15.6. The van der Waals surface area contributed by atoms with Crippen molar-refractivity contribution < 1.29 is 9.90 Å². The lowest BCUT2D eigenvalue weighted by molar-refractivity contribution is 0.0955. The van der Waals surface area contributed by atoms with Crippen LogP contribution in [0.2, 0.25) is 10.0 Å². The van der Waals surface area contributed by atoms with Crippen LogP contribution in [0.4, 0.5) is 0 Å². The monoisotopic (exact) mass is 358 g/mol. The van der Waals surface area contributed by atoms with Crippen LogP contribution in [0.15, 0.2) is 59.7 Å². The number of nitrogens with zero attached hydrogens (tertiary/aromatic N) is 1. The lowest BCUT2D eigenvalue weighted by Gasteiger charge is -2.05. The molecule has 0 heterocycles. The molecule has 4 nitrogen and oxygen atoms in total. The predicted octanol–water partition coefficient (Wildman–Crippen LogP) is 4.62. The second-order valence-electron chi connectivity index (χ2n) is 5.05. The fourth-order valence-corrected chi connectivity index (χ4v) is 2.76. The van der Waals surface area contributed by atoms with E-state index in [1.54, 1.807) is 12.1 Å². The van der Waals surface area contributed by atoms with Crippen molar-refractivity contribution in [3.8, 4) is 5.75 Å². The molecule has 0 radical (unpaired) electrons. The van der Waals surface area contributed by atoms with Crippen LogP contribution in [-0.4, -0.2) is 17.2 Å². The van der Waals surface area contributed by atoms with Crippen molar-refractivity contribution in [2.24, 2.45) is 5.10 Å². The predicted molar refractivity (Wildman–Crippen MR) is 97.1 cm³/mol. The molecular formula is C18H12Cl2N2O2. The Balaban J connectivity index is 1.79. The number of amides is 1. The second kappa shape index (κ2) is 6.91. The number of nitrogens with one attached hydrogen (secondary N) is 1. The first kappa shape index (κ1) is 16.3. The number of aromatic hydroxyl groups is 1. The Labute approximate surface area is 148 Å². The van der Waals surface area contributed by atoms with E-state index in [1.807, 2.05) is 30.3 Å². The van der Waals surface area contributed by atoms with E-state index in [0.29, 0.717) is 16.0 Å². The lowest BCUT2D eigenvalue weighted by atomic mass is 10.1. The van der Waals surface area contributed by atoms with E-state index in [1.165, 1.54) is 18.3 Å². The van der Waals surface area contributed by atoms with Gasteiger partial charge in [0.15, 0.2) is 0 Å². The molecule has 0 fully saturated rings. The Hall–Kier alpha value is -2.56. The van der Waals surface area contributed by atoms with E-state index < -0.39 is 5.91 Å². The minimum Gasteiger partial charge on any atom is -0.507 e. The van der Waals surface area contributed by atoms with Gasteiger partial charge in [-0.15, -0.1) is 0 Å². The number of benzene rings is 3. The molecule has 0 atom stereocenters. The molecule has 1 amide bonds. The molecule has 0 saturated carbocycles. The second-order valence-corrected chi connectivity index (χ2v) is 5.89. The Morgan fingerprint density at radius 3 is 2.67 bits per heavy atom. The normalized spacial score (nSPS) is 11.1. The minimum absolute atomic E-state index is 0.107. The molecule has 3 aromatic rings. The van der Waals surface area contributed by atoms with Crippen molar-refractivity contribution in [3.63, 3.8) is 0 Å². The van der Waals surface area contributed by atoms with Gasteiger partial charge in [0, 0.05) is 16.0 Å². The van der Waals surface area contributed by atoms with E-state index in [-0.39, 0.29) is 16.3 Å². The number of hydrazone groups is 1. The van der Waals surface area contributed by atoms with Crippen molar-refractivity contribution in [2.45, 2.75) is 0 Å². The van der Waals surface area contributed by atoms with Gasteiger partial charge in [0.05, 0.1) is 16.8 Å². The first-order chi connectivity index (χ1) is 11.6. The van der Waals surface area contributed by atoms with Crippen molar-refractivity contribution in [1.29, 1.82) is 0 Å². The third kappa shape index (κ3) is 3.35. The van der Waals surface area contributed by atoms with Gasteiger partial charge in [0.1, 0.15) is 5.75 Å². The number of carbonyl (C=O) groups excluding carboxylic acids is 1. The molecule has 0 aromatic heterocycles. The van der Waals surface area contributed by atoms with Crippen LogP contribution < -0.4 is 5.43 Å². The molecule has 0 unspecified atom stereocenters.